The summed E-state index contributed by atoms with van der Waals surface area (Å²) < 4.78 is 12.9. The molecule has 1 aliphatic heterocycles. The van der Waals surface area contributed by atoms with E-state index in [1.165, 1.54) is 12.1 Å². The van der Waals surface area contributed by atoms with E-state index in [0.29, 0.717) is 10.9 Å². The van der Waals surface area contributed by atoms with Crippen LogP contribution in [0.2, 0.25) is 5.02 Å². The lowest BCUT2D eigenvalue weighted by Gasteiger charge is -2.31. The van der Waals surface area contributed by atoms with Crippen LogP contribution in [0.5, 0.6) is 0 Å². The highest BCUT2D eigenvalue weighted by molar-refractivity contribution is 6.31. The van der Waals surface area contributed by atoms with E-state index in [0.717, 1.165) is 44.6 Å². The number of benzene rings is 1. The predicted octanol–water partition coefficient (Wildman–Crippen LogP) is 2.65. The monoisotopic (exact) mass is 256 g/mol. The summed E-state index contributed by atoms with van der Waals surface area (Å²) in [6.07, 6.45) is 2.30. The zero-order valence-electron chi connectivity index (χ0n) is 9.83. The molecule has 0 aliphatic carbocycles. The highest BCUT2D eigenvalue weighted by atomic mass is 35.5. The summed E-state index contributed by atoms with van der Waals surface area (Å²) in [5.74, 6) is 0.385. The van der Waals surface area contributed by atoms with Gasteiger partial charge in [-0.15, -0.1) is 0 Å². The van der Waals surface area contributed by atoms with E-state index >= 15 is 0 Å². The first-order chi connectivity index (χ1) is 8.19. The van der Waals surface area contributed by atoms with Gasteiger partial charge < -0.3 is 5.73 Å². The van der Waals surface area contributed by atoms with Gasteiger partial charge in [0.2, 0.25) is 0 Å². The summed E-state index contributed by atoms with van der Waals surface area (Å²) in [4.78, 5) is 2.35. The Kier molecular flexibility index (Phi) is 4.37. The van der Waals surface area contributed by atoms with Crippen molar-refractivity contribution in [1.82, 2.24) is 4.90 Å². The fourth-order valence-corrected chi connectivity index (χ4v) is 2.50. The molecule has 1 aromatic rings. The maximum absolute atomic E-state index is 12.9. The van der Waals surface area contributed by atoms with E-state index in [1.807, 2.05) is 0 Å². The van der Waals surface area contributed by atoms with Gasteiger partial charge in [-0.25, -0.2) is 4.39 Å². The molecule has 1 heterocycles. The van der Waals surface area contributed by atoms with E-state index < -0.39 is 0 Å². The quantitative estimate of drug-likeness (QED) is 0.901. The topological polar surface area (TPSA) is 29.3 Å². The third kappa shape index (κ3) is 3.41. The molecule has 1 aromatic carbocycles. The molecule has 0 radical (unpaired) electrons. The summed E-state index contributed by atoms with van der Waals surface area (Å²) in [6, 6.07) is 4.62. The summed E-state index contributed by atoms with van der Waals surface area (Å²) in [5, 5.41) is 0.519. The molecule has 0 saturated carbocycles. The number of likely N-dealkylation sites (tertiary alicyclic amines) is 1. The Morgan fingerprint density at radius 3 is 2.65 bits per heavy atom. The van der Waals surface area contributed by atoms with Gasteiger partial charge in [0.15, 0.2) is 0 Å². The van der Waals surface area contributed by atoms with Crippen molar-refractivity contribution in [2.75, 3.05) is 19.6 Å². The van der Waals surface area contributed by atoms with Gasteiger partial charge in [0.1, 0.15) is 5.82 Å². The van der Waals surface area contributed by atoms with Gasteiger partial charge in [-0.1, -0.05) is 17.7 Å². The third-order valence-electron chi connectivity index (χ3n) is 3.45. The third-order valence-corrected chi connectivity index (χ3v) is 3.80. The normalized spacial score (nSPS) is 18.5. The number of hydrogen-bond acceptors (Lipinski definition) is 2. The fraction of sp³-hybridized carbons (Fsp3) is 0.538. The van der Waals surface area contributed by atoms with Crippen molar-refractivity contribution in [2.24, 2.45) is 11.7 Å². The summed E-state index contributed by atoms with van der Waals surface area (Å²) in [5.41, 5.74) is 6.66. The average molecular weight is 257 g/mol. The van der Waals surface area contributed by atoms with Gasteiger partial charge in [-0.05, 0) is 56.1 Å². The second-order valence-corrected chi connectivity index (χ2v) is 5.10. The molecule has 0 spiro atoms. The Hall–Kier alpha value is -0.640. The highest BCUT2D eigenvalue weighted by Crippen LogP contribution is 2.22. The number of piperidine rings is 1. The van der Waals surface area contributed by atoms with E-state index in [4.69, 9.17) is 17.3 Å². The number of rotatable bonds is 3. The molecule has 94 valence electrons. The Morgan fingerprint density at radius 2 is 2.06 bits per heavy atom. The zero-order valence-corrected chi connectivity index (χ0v) is 10.6. The van der Waals surface area contributed by atoms with Gasteiger partial charge in [0.05, 0.1) is 0 Å². The first-order valence-electron chi connectivity index (χ1n) is 6.05. The van der Waals surface area contributed by atoms with Crippen LogP contribution in [0.1, 0.15) is 18.4 Å². The largest absolute Gasteiger partial charge is 0.330 e. The lowest BCUT2D eigenvalue weighted by atomic mass is 9.97. The zero-order chi connectivity index (χ0) is 12.3. The van der Waals surface area contributed by atoms with Crippen LogP contribution in [0, 0.1) is 11.7 Å². The van der Waals surface area contributed by atoms with Crippen LogP contribution in [-0.4, -0.2) is 24.5 Å². The van der Waals surface area contributed by atoms with E-state index in [-0.39, 0.29) is 5.82 Å². The maximum Gasteiger partial charge on any atom is 0.124 e. The second kappa shape index (κ2) is 5.80. The van der Waals surface area contributed by atoms with Crippen LogP contribution < -0.4 is 5.73 Å². The van der Waals surface area contributed by atoms with E-state index in [2.05, 4.69) is 4.90 Å². The molecule has 4 heteroatoms. The van der Waals surface area contributed by atoms with Crippen molar-refractivity contribution in [3.05, 3.63) is 34.6 Å². The smallest absolute Gasteiger partial charge is 0.124 e. The molecular formula is C13H18ClFN2. The minimum Gasteiger partial charge on any atom is -0.330 e. The lowest BCUT2D eigenvalue weighted by molar-refractivity contribution is 0.180. The minimum atomic E-state index is -0.277. The number of halogens is 2. The van der Waals surface area contributed by atoms with Crippen molar-refractivity contribution in [3.63, 3.8) is 0 Å². The van der Waals surface area contributed by atoms with Crippen molar-refractivity contribution in [2.45, 2.75) is 19.4 Å². The molecule has 2 nitrogen and oxygen atoms in total. The van der Waals surface area contributed by atoms with Crippen LogP contribution in [0.15, 0.2) is 18.2 Å². The van der Waals surface area contributed by atoms with Gasteiger partial charge in [-0.2, -0.15) is 0 Å². The van der Waals surface area contributed by atoms with Gasteiger partial charge >= 0.3 is 0 Å². The van der Waals surface area contributed by atoms with Crippen LogP contribution in [0.25, 0.3) is 0 Å². The molecule has 0 bridgehead atoms. The van der Waals surface area contributed by atoms with Gasteiger partial charge in [0.25, 0.3) is 0 Å². The van der Waals surface area contributed by atoms with Crippen molar-refractivity contribution >= 4 is 11.6 Å². The first-order valence-corrected chi connectivity index (χ1v) is 6.43. The molecule has 2 rings (SSSR count). The number of hydrogen-bond donors (Lipinski definition) is 1. The fourth-order valence-electron chi connectivity index (χ4n) is 2.27. The highest BCUT2D eigenvalue weighted by Gasteiger charge is 2.18. The van der Waals surface area contributed by atoms with E-state index in [9.17, 15) is 4.39 Å². The van der Waals surface area contributed by atoms with Crippen LogP contribution in [0.3, 0.4) is 0 Å². The molecule has 2 N–H and O–H groups in total. The van der Waals surface area contributed by atoms with Crippen LogP contribution in [-0.2, 0) is 6.54 Å². The number of nitrogens with two attached hydrogens (primary N) is 1. The van der Waals surface area contributed by atoms with Crippen LogP contribution in [0.4, 0.5) is 4.39 Å². The maximum atomic E-state index is 12.9. The lowest BCUT2D eigenvalue weighted by Crippen LogP contribution is -2.35. The van der Waals surface area contributed by atoms with Gasteiger partial charge in [0, 0.05) is 11.6 Å². The van der Waals surface area contributed by atoms with Crippen LogP contribution >= 0.6 is 11.6 Å². The Balaban J connectivity index is 1.93. The second-order valence-electron chi connectivity index (χ2n) is 4.69. The Bertz CT molecular complexity index is 376. The molecule has 0 unspecified atom stereocenters. The molecule has 1 fully saturated rings. The molecule has 0 aromatic heterocycles. The molecular weight excluding hydrogens is 239 g/mol. The first kappa shape index (κ1) is 12.8. The SMILES string of the molecule is NCC1CCN(Cc2ccc(F)cc2Cl)CC1. The minimum absolute atomic E-state index is 0.277. The van der Waals surface area contributed by atoms with Crippen molar-refractivity contribution < 1.29 is 4.39 Å². The van der Waals surface area contributed by atoms with E-state index in [1.54, 1.807) is 6.07 Å². The summed E-state index contributed by atoms with van der Waals surface area (Å²) in [6.45, 7) is 3.69. The standard InChI is InChI=1S/C13H18ClFN2/c14-13-7-12(15)2-1-11(13)9-17-5-3-10(8-16)4-6-17/h1-2,7,10H,3-6,8-9,16H2. The van der Waals surface area contributed by atoms with Crippen molar-refractivity contribution in [3.8, 4) is 0 Å². The summed E-state index contributed by atoms with van der Waals surface area (Å²) >= 11 is 6.02. The molecule has 0 atom stereocenters. The van der Waals surface area contributed by atoms with Crippen molar-refractivity contribution in [1.29, 1.82) is 0 Å². The Labute approximate surface area is 107 Å². The molecule has 1 saturated heterocycles. The summed E-state index contributed by atoms with van der Waals surface area (Å²) in [7, 11) is 0. The Morgan fingerprint density at radius 1 is 1.35 bits per heavy atom. The molecule has 1 aliphatic rings. The number of nitrogens with zero attached hydrogens (tertiary/aromatic N) is 1. The molecule has 17 heavy (non-hydrogen) atoms. The molecule has 0 amide bonds. The van der Waals surface area contributed by atoms with Gasteiger partial charge in [-0.3, -0.25) is 4.90 Å². The average Bonchev–Trinajstić information content (AvgIpc) is 2.34. The predicted molar refractivity (Wildman–Crippen MR) is 68.5 cm³/mol.